The maximum absolute atomic E-state index is 13.5. The van der Waals surface area contributed by atoms with Gasteiger partial charge in [0.15, 0.2) is 0 Å². The third kappa shape index (κ3) is 13.6. The molecule has 0 bridgehead atoms. The van der Waals surface area contributed by atoms with Gasteiger partial charge in [-0.3, -0.25) is 33.6 Å². The van der Waals surface area contributed by atoms with E-state index in [9.17, 15) is 58.5 Å². The lowest BCUT2D eigenvalue weighted by Gasteiger charge is -2.27. The van der Waals surface area contributed by atoms with E-state index in [1.165, 1.54) is 32.0 Å². The first kappa shape index (κ1) is 42.6. The molecule has 0 radical (unpaired) electrons. The first-order valence-electron chi connectivity index (χ1n) is 16.8. The van der Waals surface area contributed by atoms with Crippen LogP contribution in [0.3, 0.4) is 0 Å². The molecular weight excluding hydrogens is 726 g/mol. The summed E-state index contributed by atoms with van der Waals surface area (Å²) in [6, 6.07) is 7.48. The molecular formula is C36H41N5O14. The summed E-state index contributed by atoms with van der Waals surface area (Å²) < 4.78 is 10.2. The molecule has 4 atom stereocenters. The van der Waals surface area contributed by atoms with Crippen LogP contribution in [-0.4, -0.2) is 87.1 Å². The minimum atomic E-state index is -1.77. The van der Waals surface area contributed by atoms with Gasteiger partial charge in [-0.2, -0.15) is 0 Å². The second-order valence-corrected chi connectivity index (χ2v) is 12.7. The molecule has 0 fully saturated rings. The lowest BCUT2D eigenvalue weighted by molar-refractivity contribution is -0.141. The summed E-state index contributed by atoms with van der Waals surface area (Å²) in [5.41, 5.74) is 0.829. The number of rotatable bonds is 19. The third-order valence-corrected chi connectivity index (χ3v) is 7.96. The van der Waals surface area contributed by atoms with E-state index < -0.39 is 109 Å². The Labute approximate surface area is 312 Å². The predicted octanol–water partition coefficient (Wildman–Crippen LogP) is 1.26. The number of aliphatic carboxylic acids is 3. The topological polar surface area (TPSA) is 297 Å². The maximum atomic E-state index is 13.5. The van der Waals surface area contributed by atoms with E-state index >= 15 is 0 Å². The van der Waals surface area contributed by atoms with Gasteiger partial charge in [0.25, 0.3) is 0 Å². The van der Waals surface area contributed by atoms with Crippen LogP contribution in [0.1, 0.15) is 50.7 Å². The molecule has 2 aromatic carbocycles. The van der Waals surface area contributed by atoms with Gasteiger partial charge in [0, 0.05) is 29.6 Å². The van der Waals surface area contributed by atoms with Crippen molar-refractivity contribution in [3.63, 3.8) is 0 Å². The van der Waals surface area contributed by atoms with Crippen molar-refractivity contribution in [3.05, 3.63) is 76.1 Å². The summed E-state index contributed by atoms with van der Waals surface area (Å²) in [6.07, 6.45) is -4.19. The van der Waals surface area contributed by atoms with Gasteiger partial charge in [-0.05, 0) is 42.5 Å². The highest BCUT2D eigenvalue weighted by molar-refractivity contribution is 6.01. The van der Waals surface area contributed by atoms with Crippen LogP contribution in [-0.2, 0) is 44.9 Å². The van der Waals surface area contributed by atoms with Gasteiger partial charge in [-0.25, -0.2) is 9.59 Å². The Morgan fingerprint density at radius 1 is 0.709 bits per heavy atom. The van der Waals surface area contributed by atoms with Gasteiger partial charge in [0.05, 0.1) is 12.8 Å². The van der Waals surface area contributed by atoms with E-state index in [1.807, 2.05) is 0 Å². The number of ether oxygens (including phenoxy) is 1. The number of carbonyl (C=O) groups excluding carboxylic acids is 5. The standard InChI is InChI=1S/C36H41N5O14/c1-18(2)31(35(52)39-24(15-28(44)45)33(50)37-21-9-10-22-19(3)13-30(48)55-26(22)14-21)41-32(49)23(11-12-27(42)43)38-34(51)25(16-29(46)47)40-36(53)54-17-20-7-5-4-6-8-20/h4-10,13-14,18,23-25,31H,11-12,15-17H2,1-3H3,(H,37,50)(H,38,51)(H,39,52)(H,40,53)(H,41,49)(H,42,43)(H,44,45)(H,46,47)/t23-,24-,25-,31-/m0/s1. The van der Waals surface area contributed by atoms with Gasteiger partial charge in [-0.1, -0.05) is 44.2 Å². The van der Waals surface area contributed by atoms with Crippen LogP contribution < -0.4 is 32.2 Å². The molecule has 0 aliphatic heterocycles. The zero-order valence-corrected chi connectivity index (χ0v) is 30.0. The minimum Gasteiger partial charge on any atom is -0.481 e. The highest BCUT2D eigenvalue weighted by Crippen LogP contribution is 2.21. The lowest BCUT2D eigenvalue weighted by Crippen LogP contribution is -2.59. The van der Waals surface area contributed by atoms with Gasteiger partial charge in [0.2, 0.25) is 23.6 Å². The molecule has 55 heavy (non-hydrogen) atoms. The SMILES string of the molecule is Cc1cc(=O)oc2cc(NC(=O)[C@H](CC(=O)O)NC(=O)[C@@H](NC(=O)[C@H](CCC(=O)O)NC(=O)[C@H](CC(=O)O)NC(=O)OCc3ccccc3)C(C)C)ccc12. The normalized spacial score (nSPS) is 13.0. The minimum absolute atomic E-state index is 0.113. The van der Waals surface area contributed by atoms with Gasteiger partial charge >= 0.3 is 29.6 Å². The van der Waals surface area contributed by atoms with Crippen LogP contribution >= 0.6 is 0 Å². The van der Waals surface area contributed by atoms with Crippen molar-refractivity contribution in [2.45, 2.75) is 77.2 Å². The Kier molecular flexibility index (Phi) is 15.4. The fraction of sp³-hybridized carbons (Fsp3) is 0.361. The summed E-state index contributed by atoms with van der Waals surface area (Å²) in [6.45, 7) is 4.47. The number of alkyl carbamates (subject to hydrolysis) is 1. The van der Waals surface area contributed by atoms with Crippen molar-refractivity contribution in [1.29, 1.82) is 0 Å². The molecule has 19 nitrogen and oxygen atoms in total. The molecule has 19 heteroatoms. The molecule has 0 saturated heterocycles. The number of carbonyl (C=O) groups is 8. The largest absolute Gasteiger partial charge is 0.481 e. The van der Waals surface area contributed by atoms with E-state index in [0.29, 0.717) is 16.5 Å². The van der Waals surface area contributed by atoms with Gasteiger partial charge in [0.1, 0.15) is 36.4 Å². The molecule has 0 unspecified atom stereocenters. The quantitative estimate of drug-likeness (QED) is 0.0797. The lowest BCUT2D eigenvalue weighted by atomic mass is 10.0. The first-order valence-corrected chi connectivity index (χ1v) is 16.8. The molecule has 0 aliphatic carbocycles. The average molecular weight is 768 g/mol. The van der Waals surface area contributed by atoms with Crippen LogP contribution in [0.25, 0.3) is 11.0 Å². The number of nitrogens with one attached hydrogen (secondary N) is 5. The number of hydrogen-bond acceptors (Lipinski definition) is 11. The Balaban J connectivity index is 1.75. The zero-order valence-electron chi connectivity index (χ0n) is 30.0. The first-order chi connectivity index (χ1) is 25.9. The molecule has 5 amide bonds. The number of fused-ring (bicyclic) bond motifs is 1. The second-order valence-electron chi connectivity index (χ2n) is 12.7. The molecule has 1 aromatic heterocycles. The fourth-order valence-corrected chi connectivity index (χ4v) is 5.17. The van der Waals surface area contributed by atoms with E-state index in [1.54, 1.807) is 43.3 Å². The number of amides is 5. The molecule has 0 aliphatic rings. The Bertz CT molecular complexity index is 1980. The number of carboxylic acid groups (broad SMARTS) is 3. The summed E-state index contributed by atoms with van der Waals surface area (Å²) in [5.74, 6) is -9.30. The molecule has 0 spiro atoms. The fourth-order valence-electron chi connectivity index (χ4n) is 5.17. The van der Waals surface area contributed by atoms with E-state index in [2.05, 4.69) is 26.6 Å². The summed E-state index contributed by atoms with van der Waals surface area (Å²) in [7, 11) is 0. The van der Waals surface area contributed by atoms with Crippen molar-refractivity contribution in [3.8, 4) is 0 Å². The Hall–Kier alpha value is -6.79. The summed E-state index contributed by atoms with van der Waals surface area (Å²) in [4.78, 5) is 112. The maximum Gasteiger partial charge on any atom is 0.408 e. The second kappa shape index (κ2) is 19.9. The average Bonchev–Trinajstić information content (AvgIpc) is 3.10. The van der Waals surface area contributed by atoms with Crippen LogP contribution in [0.5, 0.6) is 0 Å². The predicted molar refractivity (Wildman–Crippen MR) is 191 cm³/mol. The highest BCUT2D eigenvalue weighted by Gasteiger charge is 2.34. The number of aryl methyl sites for hydroxylation is 1. The Morgan fingerprint density at radius 3 is 1.91 bits per heavy atom. The monoisotopic (exact) mass is 767 g/mol. The van der Waals surface area contributed by atoms with Gasteiger partial charge < -0.3 is 51.1 Å². The highest BCUT2D eigenvalue weighted by atomic mass is 16.5. The van der Waals surface area contributed by atoms with E-state index in [0.717, 1.165) is 0 Å². The van der Waals surface area contributed by atoms with Crippen molar-refractivity contribution < 1.29 is 62.8 Å². The van der Waals surface area contributed by atoms with Crippen LogP contribution in [0.4, 0.5) is 10.5 Å². The zero-order chi connectivity index (χ0) is 40.8. The summed E-state index contributed by atoms with van der Waals surface area (Å²) in [5, 5.41) is 40.2. The smallest absolute Gasteiger partial charge is 0.408 e. The molecule has 3 aromatic rings. The molecule has 294 valence electrons. The molecule has 8 N–H and O–H groups in total. The molecule has 1 heterocycles. The third-order valence-electron chi connectivity index (χ3n) is 7.96. The van der Waals surface area contributed by atoms with Gasteiger partial charge in [-0.15, -0.1) is 0 Å². The van der Waals surface area contributed by atoms with E-state index in [-0.39, 0.29) is 17.9 Å². The van der Waals surface area contributed by atoms with Crippen LogP contribution in [0, 0.1) is 12.8 Å². The molecule has 3 rings (SSSR count). The molecule has 0 saturated carbocycles. The number of hydrogen-bond donors (Lipinski definition) is 8. The van der Waals surface area contributed by atoms with E-state index in [4.69, 9.17) is 9.15 Å². The van der Waals surface area contributed by atoms with Crippen molar-refractivity contribution in [2.24, 2.45) is 5.92 Å². The van der Waals surface area contributed by atoms with Crippen molar-refractivity contribution >= 4 is 64.3 Å². The van der Waals surface area contributed by atoms with Crippen molar-refractivity contribution in [1.82, 2.24) is 21.3 Å². The summed E-state index contributed by atoms with van der Waals surface area (Å²) >= 11 is 0. The number of anilines is 1. The van der Waals surface area contributed by atoms with Crippen LogP contribution in [0.15, 0.2) is 63.8 Å². The Morgan fingerprint density at radius 2 is 1.31 bits per heavy atom. The number of benzene rings is 2. The van der Waals surface area contributed by atoms with Crippen molar-refractivity contribution in [2.75, 3.05) is 5.32 Å². The number of carboxylic acids is 3. The van der Waals surface area contributed by atoms with Crippen LogP contribution in [0.2, 0.25) is 0 Å².